The largest absolute Gasteiger partial charge is 0.368 e. The van der Waals surface area contributed by atoms with E-state index >= 15 is 0 Å². The molecule has 3 rings (SSSR count). The van der Waals surface area contributed by atoms with Crippen LogP contribution in [0.25, 0.3) is 0 Å². The highest BCUT2D eigenvalue weighted by Gasteiger charge is 2.25. The first-order chi connectivity index (χ1) is 9.54. The van der Waals surface area contributed by atoms with Crippen molar-refractivity contribution in [2.24, 2.45) is 0 Å². The highest BCUT2D eigenvalue weighted by atomic mass is 32.1. The summed E-state index contributed by atoms with van der Waals surface area (Å²) in [6.45, 7) is 4.94. The van der Waals surface area contributed by atoms with Crippen molar-refractivity contribution in [3.8, 4) is 0 Å². The molecule has 6 nitrogen and oxygen atoms in total. The molecule has 7 heteroatoms. The molecular weight excluding hydrogens is 274 g/mol. The van der Waals surface area contributed by atoms with Crippen molar-refractivity contribution >= 4 is 23.2 Å². The second-order valence-electron chi connectivity index (χ2n) is 4.82. The van der Waals surface area contributed by atoms with Crippen molar-refractivity contribution in [3.05, 3.63) is 33.0 Å². The molecule has 0 fully saturated rings. The lowest BCUT2D eigenvalue weighted by Gasteiger charge is -2.27. The summed E-state index contributed by atoms with van der Waals surface area (Å²) in [5.74, 6) is 0.277. The van der Waals surface area contributed by atoms with Crippen LogP contribution >= 0.6 is 11.3 Å². The molecule has 1 amide bonds. The number of thiazole rings is 1. The second-order valence-corrected chi connectivity index (χ2v) is 6.03. The van der Waals surface area contributed by atoms with Crippen LogP contribution in [0.15, 0.2) is 6.20 Å². The van der Waals surface area contributed by atoms with Crippen LogP contribution in [0.3, 0.4) is 0 Å². The Hall–Kier alpha value is -2.02. The van der Waals surface area contributed by atoms with Gasteiger partial charge in [0.1, 0.15) is 4.88 Å². The Morgan fingerprint density at radius 2 is 2.20 bits per heavy atom. The summed E-state index contributed by atoms with van der Waals surface area (Å²) >= 11 is 1.44. The molecule has 2 N–H and O–H groups in total. The van der Waals surface area contributed by atoms with Gasteiger partial charge in [-0.05, 0) is 25.8 Å². The number of nitrogen functional groups attached to an aromatic ring is 1. The molecule has 0 radical (unpaired) electrons. The summed E-state index contributed by atoms with van der Waals surface area (Å²) in [4.78, 5) is 27.6. The number of carbonyl (C=O) groups excluding carboxylic acids is 1. The van der Waals surface area contributed by atoms with Gasteiger partial charge in [-0.15, -0.1) is 11.3 Å². The van der Waals surface area contributed by atoms with Gasteiger partial charge in [0, 0.05) is 12.7 Å². The Kier molecular flexibility index (Phi) is 3.13. The minimum absolute atomic E-state index is 0.0240. The molecule has 2 aromatic heterocycles. The number of amides is 1. The van der Waals surface area contributed by atoms with Crippen LogP contribution < -0.4 is 5.73 Å². The first-order valence-corrected chi connectivity index (χ1v) is 7.20. The molecular formula is C13H15N5OS. The molecule has 0 atom stereocenters. The van der Waals surface area contributed by atoms with Gasteiger partial charge in [0.05, 0.1) is 22.9 Å². The van der Waals surface area contributed by atoms with E-state index in [0.29, 0.717) is 18.0 Å². The fourth-order valence-corrected chi connectivity index (χ4v) is 3.25. The summed E-state index contributed by atoms with van der Waals surface area (Å²) < 4.78 is 0. The number of aryl methyl sites for hydroxylation is 2. The molecule has 20 heavy (non-hydrogen) atoms. The highest BCUT2D eigenvalue weighted by Crippen LogP contribution is 2.23. The van der Waals surface area contributed by atoms with Crippen molar-refractivity contribution in [2.75, 3.05) is 12.3 Å². The highest BCUT2D eigenvalue weighted by molar-refractivity contribution is 7.13. The molecule has 0 aliphatic carbocycles. The van der Waals surface area contributed by atoms with Crippen LogP contribution in [0, 0.1) is 13.8 Å². The molecule has 0 saturated heterocycles. The summed E-state index contributed by atoms with van der Waals surface area (Å²) in [5.41, 5.74) is 8.32. The third kappa shape index (κ3) is 2.24. The maximum absolute atomic E-state index is 12.6. The van der Waals surface area contributed by atoms with E-state index in [1.54, 1.807) is 11.1 Å². The monoisotopic (exact) mass is 289 g/mol. The lowest BCUT2D eigenvalue weighted by Crippen LogP contribution is -2.36. The molecule has 2 aromatic rings. The number of nitrogens with two attached hydrogens (primary N) is 1. The molecule has 3 heterocycles. The summed E-state index contributed by atoms with van der Waals surface area (Å²) in [6.07, 6.45) is 2.51. The number of rotatable bonds is 1. The van der Waals surface area contributed by atoms with E-state index in [1.807, 2.05) is 13.8 Å². The van der Waals surface area contributed by atoms with E-state index in [2.05, 4.69) is 15.0 Å². The predicted octanol–water partition coefficient (Wildman–Crippen LogP) is 1.33. The Bertz CT molecular complexity index is 681. The Morgan fingerprint density at radius 3 is 2.90 bits per heavy atom. The van der Waals surface area contributed by atoms with E-state index in [9.17, 15) is 4.79 Å². The molecule has 0 unspecified atom stereocenters. The predicted molar refractivity (Wildman–Crippen MR) is 76.5 cm³/mol. The zero-order valence-corrected chi connectivity index (χ0v) is 12.2. The Labute approximate surface area is 120 Å². The number of carbonyl (C=O) groups is 1. The van der Waals surface area contributed by atoms with Crippen molar-refractivity contribution in [1.29, 1.82) is 0 Å². The smallest absolute Gasteiger partial charge is 0.266 e. The topological polar surface area (TPSA) is 85.0 Å². The number of fused-ring (bicyclic) bond motifs is 1. The molecule has 0 spiro atoms. The first-order valence-electron chi connectivity index (χ1n) is 6.38. The lowest BCUT2D eigenvalue weighted by molar-refractivity contribution is 0.0735. The number of aromatic nitrogens is 3. The number of hydrogen-bond acceptors (Lipinski definition) is 6. The molecule has 0 saturated carbocycles. The number of hydrogen-bond donors (Lipinski definition) is 1. The van der Waals surface area contributed by atoms with E-state index < -0.39 is 0 Å². The minimum Gasteiger partial charge on any atom is -0.368 e. The molecule has 0 bridgehead atoms. The van der Waals surface area contributed by atoms with Gasteiger partial charge in [0.2, 0.25) is 5.95 Å². The fourth-order valence-electron chi connectivity index (χ4n) is 2.37. The van der Waals surface area contributed by atoms with Gasteiger partial charge in [-0.3, -0.25) is 4.79 Å². The SMILES string of the molecule is Cc1nc(C)c(C(=O)N2CCc3cnc(N)nc3C2)s1. The van der Waals surface area contributed by atoms with E-state index in [1.165, 1.54) is 11.3 Å². The maximum Gasteiger partial charge on any atom is 0.266 e. The third-order valence-electron chi connectivity index (χ3n) is 3.35. The molecule has 0 aromatic carbocycles. The summed E-state index contributed by atoms with van der Waals surface area (Å²) in [5, 5.41) is 0.912. The van der Waals surface area contributed by atoms with Gasteiger partial charge < -0.3 is 10.6 Å². The van der Waals surface area contributed by atoms with Gasteiger partial charge >= 0.3 is 0 Å². The van der Waals surface area contributed by atoms with Gasteiger partial charge in [-0.1, -0.05) is 0 Å². The van der Waals surface area contributed by atoms with E-state index in [-0.39, 0.29) is 11.9 Å². The molecule has 1 aliphatic heterocycles. The van der Waals surface area contributed by atoms with Crippen molar-refractivity contribution < 1.29 is 4.79 Å². The number of nitrogens with zero attached hydrogens (tertiary/aromatic N) is 4. The van der Waals surface area contributed by atoms with Crippen LogP contribution in [0.2, 0.25) is 0 Å². The normalized spacial score (nSPS) is 14.2. The van der Waals surface area contributed by atoms with Crippen molar-refractivity contribution in [1.82, 2.24) is 19.9 Å². The Balaban J connectivity index is 1.86. The minimum atomic E-state index is 0.0240. The van der Waals surface area contributed by atoms with Crippen LogP contribution in [0.5, 0.6) is 0 Å². The first kappa shape index (κ1) is 13.0. The average molecular weight is 289 g/mol. The fraction of sp³-hybridized carbons (Fsp3) is 0.385. The molecule has 104 valence electrons. The van der Waals surface area contributed by atoms with Crippen LogP contribution in [-0.4, -0.2) is 32.3 Å². The van der Waals surface area contributed by atoms with Crippen LogP contribution in [0.4, 0.5) is 5.95 Å². The lowest BCUT2D eigenvalue weighted by atomic mass is 10.1. The quantitative estimate of drug-likeness (QED) is 0.856. The summed E-state index contributed by atoms with van der Waals surface area (Å²) in [7, 11) is 0. The maximum atomic E-state index is 12.6. The van der Waals surface area contributed by atoms with E-state index in [0.717, 1.165) is 28.4 Å². The van der Waals surface area contributed by atoms with Crippen LogP contribution in [0.1, 0.15) is 31.6 Å². The van der Waals surface area contributed by atoms with Crippen LogP contribution in [-0.2, 0) is 13.0 Å². The summed E-state index contributed by atoms with van der Waals surface area (Å²) in [6, 6.07) is 0. The van der Waals surface area contributed by atoms with Gasteiger partial charge in [-0.25, -0.2) is 15.0 Å². The zero-order chi connectivity index (χ0) is 14.3. The van der Waals surface area contributed by atoms with Crippen molar-refractivity contribution in [2.45, 2.75) is 26.8 Å². The third-order valence-corrected chi connectivity index (χ3v) is 4.41. The average Bonchev–Trinajstić information content (AvgIpc) is 2.76. The standard InChI is InChI=1S/C13H15N5OS/c1-7-11(20-8(2)16-7)12(19)18-4-3-9-5-15-13(14)17-10(9)6-18/h5H,3-4,6H2,1-2H3,(H2,14,15,17). The Morgan fingerprint density at radius 1 is 1.40 bits per heavy atom. The van der Waals surface area contributed by atoms with Gasteiger partial charge in [-0.2, -0.15) is 0 Å². The van der Waals surface area contributed by atoms with E-state index in [4.69, 9.17) is 5.73 Å². The molecule has 1 aliphatic rings. The zero-order valence-electron chi connectivity index (χ0n) is 11.4. The van der Waals surface area contributed by atoms with Gasteiger partial charge in [0.15, 0.2) is 0 Å². The van der Waals surface area contributed by atoms with Crippen molar-refractivity contribution in [3.63, 3.8) is 0 Å². The second kappa shape index (κ2) is 4.82. The number of anilines is 1. The van der Waals surface area contributed by atoms with Gasteiger partial charge in [0.25, 0.3) is 5.91 Å².